The Bertz CT molecular complexity index is 106. The first-order valence-electron chi connectivity index (χ1n) is 4.31. The number of thiol groups is 1. The molecule has 0 aromatic heterocycles. The predicted molar refractivity (Wildman–Crippen MR) is 49.3 cm³/mol. The van der Waals surface area contributed by atoms with Crippen molar-refractivity contribution in [1.82, 2.24) is 0 Å². The number of amides is 1. The number of carbonyl (C=O) groups excluding carboxylic acids is 1. The van der Waals surface area contributed by atoms with Crippen molar-refractivity contribution in [3.05, 3.63) is 0 Å². The Morgan fingerprint density at radius 2 is 1.91 bits per heavy atom. The molecule has 0 spiro atoms. The van der Waals surface area contributed by atoms with Gasteiger partial charge in [-0.3, -0.25) is 0 Å². The van der Waals surface area contributed by atoms with E-state index in [9.17, 15) is 4.79 Å². The molecule has 0 aliphatic rings. The Hall–Kier alpha value is -0.0200. The van der Waals surface area contributed by atoms with Crippen LogP contribution in [0.3, 0.4) is 0 Å². The predicted octanol–water partition coefficient (Wildman–Crippen LogP) is 1.28. The van der Waals surface area contributed by atoms with Crippen molar-refractivity contribution in [2.45, 2.75) is 45.4 Å². The standard InChI is InChI=1S/C8H17NOS/c1-2-3-4-5-6-7-8(10)9-11/h11H,2-7H2,1H3,(H,9,10)/p+1. The van der Waals surface area contributed by atoms with Crippen LogP contribution in [0.15, 0.2) is 0 Å². The van der Waals surface area contributed by atoms with E-state index in [2.05, 4.69) is 19.7 Å². The van der Waals surface area contributed by atoms with Crippen molar-refractivity contribution in [3.8, 4) is 0 Å². The van der Waals surface area contributed by atoms with E-state index in [0.29, 0.717) is 6.42 Å². The van der Waals surface area contributed by atoms with E-state index in [1.165, 1.54) is 30.4 Å². The lowest BCUT2D eigenvalue weighted by atomic mass is 10.1. The fourth-order valence-corrected chi connectivity index (χ4v) is 1.10. The molecule has 3 heteroatoms. The van der Waals surface area contributed by atoms with Gasteiger partial charge in [0.25, 0.3) is 0 Å². The summed E-state index contributed by atoms with van der Waals surface area (Å²) in [5.41, 5.74) is 0. The molecule has 0 aliphatic heterocycles. The highest BCUT2D eigenvalue weighted by Gasteiger charge is 2.00. The van der Waals surface area contributed by atoms with Crippen LogP contribution in [-0.4, -0.2) is 5.91 Å². The molecule has 2 nitrogen and oxygen atoms in total. The van der Waals surface area contributed by atoms with Gasteiger partial charge in [-0.15, -0.1) is 0 Å². The van der Waals surface area contributed by atoms with Gasteiger partial charge in [0.15, 0.2) is 0 Å². The van der Waals surface area contributed by atoms with E-state index in [4.69, 9.17) is 0 Å². The normalized spacial score (nSPS) is 10.0. The Morgan fingerprint density at radius 1 is 1.27 bits per heavy atom. The molecule has 0 rings (SSSR count). The Labute approximate surface area is 74.3 Å². The number of hydrogen-bond acceptors (Lipinski definition) is 2. The molecule has 0 aromatic rings. The van der Waals surface area contributed by atoms with Crippen LogP contribution < -0.4 is 4.72 Å². The van der Waals surface area contributed by atoms with Gasteiger partial charge in [-0.2, -0.15) is 0 Å². The minimum Gasteiger partial charge on any atom is -0.230 e. The van der Waals surface area contributed by atoms with Crippen LogP contribution in [0.5, 0.6) is 0 Å². The van der Waals surface area contributed by atoms with E-state index < -0.39 is 0 Å². The monoisotopic (exact) mass is 176 g/mol. The molecule has 0 fully saturated rings. The average molecular weight is 176 g/mol. The summed E-state index contributed by atoms with van der Waals surface area (Å²) in [6, 6.07) is 0. The molecule has 0 bridgehead atoms. The van der Waals surface area contributed by atoms with E-state index in [-0.39, 0.29) is 5.91 Å². The van der Waals surface area contributed by atoms with Gasteiger partial charge in [0.1, 0.15) is 0 Å². The maximum Gasteiger partial charge on any atom is 0.321 e. The Balaban J connectivity index is 2.95. The lowest BCUT2D eigenvalue weighted by Gasteiger charge is -1.95. The summed E-state index contributed by atoms with van der Waals surface area (Å²) in [5, 5.41) is 0. The zero-order valence-corrected chi connectivity index (χ0v) is 8.07. The summed E-state index contributed by atoms with van der Waals surface area (Å²) in [7, 11) is 0. The second kappa shape index (κ2) is 8.08. The van der Waals surface area contributed by atoms with Gasteiger partial charge < -0.3 is 0 Å². The molecule has 0 heterocycles. The number of unbranched alkanes of at least 4 members (excludes halogenated alkanes) is 4. The number of carbonyl (C=O) groups is 1. The summed E-state index contributed by atoms with van der Waals surface area (Å²) >= 11 is 3.78. The third-order valence-electron chi connectivity index (χ3n) is 1.67. The van der Waals surface area contributed by atoms with Crippen LogP contribution in [0, 0.1) is 0 Å². The maximum atomic E-state index is 10.7. The fourth-order valence-electron chi connectivity index (χ4n) is 0.967. The lowest BCUT2D eigenvalue weighted by Crippen LogP contribution is -2.77. The maximum absolute atomic E-state index is 10.7. The first-order chi connectivity index (χ1) is 5.31. The Kier molecular flexibility index (Phi) is 8.07. The quantitative estimate of drug-likeness (QED) is 0.464. The smallest absolute Gasteiger partial charge is 0.230 e. The molecule has 0 saturated carbocycles. The average Bonchev–Trinajstić information content (AvgIpc) is 2.04. The molecule has 0 aliphatic carbocycles. The number of primary amides is 1. The van der Waals surface area contributed by atoms with Crippen molar-refractivity contribution < 1.29 is 9.52 Å². The zero-order valence-electron chi connectivity index (χ0n) is 7.18. The van der Waals surface area contributed by atoms with Crippen LogP contribution in [0.1, 0.15) is 45.4 Å². The van der Waals surface area contributed by atoms with E-state index in [1.807, 2.05) is 0 Å². The highest BCUT2D eigenvalue weighted by molar-refractivity contribution is 7.73. The SMILES string of the molecule is CCCCCCCC(=O)[NH2+]S. The van der Waals surface area contributed by atoms with Gasteiger partial charge >= 0.3 is 5.91 Å². The van der Waals surface area contributed by atoms with Gasteiger partial charge in [-0.1, -0.05) is 32.6 Å². The third kappa shape index (κ3) is 7.88. The highest BCUT2D eigenvalue weighted by Crippen LogP contribution is 2.03. The molecule has 0 atom stereocenters. The topological polar surface area (TPSA) is 33.7 Å². The minimum atomic E-state index is 0.157. The van der Waals surface area contributed by atoms with Gasteiger partial charge in [0.05, 0.1) is 19.2 Å². The number of quaternary nitrogens is 1. The first-order valence-corrected chi connectivity index (χ1v) is 4.83. The van der Waals surface area contributed by atoms with Gasteiger partial charge in [-0.25, -0.2) is 9.52 Å². The van der Waals surface area contributed by atoms with E-state index >= 15 is 0 Å². The molecule has 0 unspecified atom stereocenters. The number of rotatable bonds is 6. The fraction of sp³-hybridized carbons (Fsp3) is 0.875. The Morgan fingerprint density at radius 3 is 2.45 bits per heavy atom. The molecule has 66 valence electrons. The van der Waals surface area contributed by atoms with Crippen molar-refractivity contribution in [1.29, 1.82) is 0 Å². The van der Waals surface area contributed by atoms with Crippen LogP contribution in [0.2, 0.25) is 0 Å². The van der Waals surface area contributed by atoms with Gasteiger partial charge in [-0.05, 0) is 6.42 Å². The summed E-state index contributed by atoms with van der Waals surface area (Å²) in [6.07, 6.45) is 6.69. The van der Waals surface area contributed by atoms with Crippen LogP contribution in [-0.2, 0) is 4.79 Å². The molecular formula is C8H18NOS+. The molecule has 2 N–H and O–H groups in total. The summed E-state index contributed by atoms with van der Waals surface area (Å²) < 4.78 is 1.36. The third-order valence-corrected chi connectivity index (χ3v) is 1.96. The van der Waals surface area contributed by atoms with Crippen molar-refractivity contribution >= 4 is 18.7 Å². The summed E-state index contributed by atoms with van der Waals surface area (Å²) in [6.45, 7) is 2.19. The first kappa shape index (κ1) is 11.0. The van der Waals surface area contributed by atoms with Crippen molar-refractivity contribution in [3.63, 3.8) is 0 Å². The molecule has 0 saturated heterocycles. The van der Waals surface area contributed by atoms with Crippen LogP contribution >= 0.6 is 12.8 Å². The second-order valence-electron chi connectivity index (χ2n) is 2.76. The van der Waals surface area contributed by atoms with Gasteiger partial charge in [0.2, 0.25) is 0 Å². The molecule has 0 aromatic carbocycles. The molecule has 0 radical (unpaired) electrons. The highest BCUT2D eigenvalue weighted by atomic mass is 32.1. The van der Waals surface area contributed by atoms with Crippen molar-refractivity contribution in [2.24, 2.45) is 0 Å². The van der Waals surface area contributed by atoms with Crippen LogP contribution in [0.25, 0.3) is 0 Å². The summed E-state index contributed by atoms with van der Waals surface area (Å²) in [4.78, 5) is 10.7. The summed E-state index contributed by atoms with van der Waals surface area (Å²) in [5.74, 6) is 0.157. The van der Waals surface area contributed by atoms with Crippen molar-refractivity contribution in [2.75, 3.05) is 0 Å². The number of nitrogens with two attached hydrogens (primary N) is 1. The van der Waals surface area contributed by atoms with Gasteiger partial charge in [0, 0.05) is 0 Å². The largest absolute Gasteiger partial charge is 0.321 e. The zero-order chi connectivity index (χ0) is 8.53. The molecule has 11 heavy (non-hydrogen) atoms. The van der Waals surface area contributed by atoms with E-state index in [1.54, 1.807) is 0 Å². The second-order valence-corrected chi connectivity index (χ2v) is 3.02. The lowest BCUT2D eigenvalue weighted by molar-refractivity contribution is -0.393. The number of hydrogen-bond donors (Lipinski definition) is 2. The van der Waals surface area contributed by atoms with Crippen LogP contribution in [0.4, 0.5) is 0 Å². The van der Waals surface area contributed by atoms with E-state index in [0.717, 1.165) is 6.42 Å². The minimum absolute atomic E-state index is 0.157. The molecular weight excluding hydrogens is 158 g/mol. The molecule has 1 amide bonds.